The van der Waals surface area contributed by atoms with Gasteiger partial charge in [-0.25, -0.2) is 8.42 Å². The lowest BCUT2D eigenvalue weighted by Gasteiger charge is -2.14. The molecule has 0 bridgehead atoms. The van der Waals surface area contributed by atoms with Crippen LogP contribution in [0.1, 0.15) is 16.7 Å². The van der Waals surface area contributed by atoms with Crippen LogP contribution in [0.25, 0.3) is 6.08 Å². The average molecular weight is 420 g/mol. The number of nitrogens with zero attached hydrogens (tertiary/aromatic N) is 1. The molecule has 0 aromatic heterocycles. The molecule has 0 atom stereocenters. The first-order chi connectivity index (χ1) is 14.5. The van der Waals surface area contributed by atoms with Crippen LogP contribution >= 0.6 is 0 Å². The molecule has 0 saturated carbocycles. The molecular weight excluding hydrogens is 398 g/mol. The Morgan fingerprint density at radius 1 is 0.867 bits per heavy atom. The van der Waals surface area contributed by atoms with E-state index in [2.05, 4.69) is 0 Å². The van der Waals surface area contributed by atoms with Gasteiger partial charge in [0.25, 0.3) is 0 Å². The highest BCUT2D eigenvalue weighted by atomic mass is 32.2. The van der Waals surface area contributed by atoms with Crippen LogP contribution in [-0.4, -0.2) is 14.7 Å². The molecule has 0 fully saturated rings. The number of hydrogen-bond donors (Lipinski definition) is 0. The predicted molar refractivity (Wildman–Crippen MR) is 116 cm³/mol. The maximum atomic E-state index is 11.7. The number of benzene rings is 3. The summed E-state index contributed by atoms with van der Waals surface area (Å²) in [5.74, 6) is 0.999. The summed E-state index contributed by atoms with van der Waals surface area (Å²) in [4.78, 5) is -0.311. The Labute approximate surface area is 176 Å². The number of hydrogen-bond acceptors (Lipinski definition) is 5. The highest BCUT2D eigenvalue weighted by Gasteiger charge is 2.12. The fourth-order valence-electron chi connectivity index (χ4n) is 2.69. The highest BCUT2D eigenvalue weighted by Crippen LogP contribution is 2.31. The van der Waals surface area contributed by atoms with Gasteiger partial charge in [0.05, 0.1) is 0 Å². The third-order valence-electron chi connectivity index (χ3n) is 4.25. The van der Waals surface area contributed by atoms with Crippen LogP contribution in [-0.2, 0) is 23.1 Å². The molecule has 0 aliphatic rings. The number of rotatable bonds is 8. The summed E-state index contributed by atoms with van der Waals surface area (Å²) in [5.41, 5.74) is 2.53. The van der Waals surface area contributed by atoms with Crippen LogP contribution in [0, 0.1) is 11.3 Å². The van der Waals surface area contributed by atoms with Crippen LogP contribution in [0.3, 0.4) is 0 Å². The molecule has 0 N–H and O–H groups in total. The van der Waals surface area contributed by atoms with Gasteiger partial charge in [-0.15, -0.1) is 0 Å². The molecule has 3 aromatic carbocycles. The van der Waals surface area contributed by atoms with Crippen LogP contribution in [0.4, 0.5) is 0 Å². The van der Waals surface area contributed by atoms with E-state index in [1.165, 1.54) is 6.08 Å². The summed E-state index contributed by atoms with van der Waals surface area (Å²) in [6.45, 7) is 0.692. The van der Waals surface area contributed by atoms with Gasteiger partial charge >= 0.3 is 0 Å². The summed E-state index contributed by atoms with van der Waals surface area (Å²) < 4.78 is 35.4. The summed E-state index contributed by atoms with van der Waals surface area (Å²) in [6, 6.07) is 26.2. The fraction of sp³-hybridized carbons (Fsp3) is 0.125. The molecule has 3 rings (SSSR count). The molecule has 0 aliphatic heterocycles. The van der Waals surface area contributed by atoms with Gasteiger partial charge < -0.3 is 9.47 Å². The molecule has 6 heteroatoms. The van der Waals surface area contributed by atoms with E-state index in [1.807, 2.05) is 60.7 Å². The van der Waals surface area contributed by atoms with Gasteiger partial charge in [0.1, 0.15) is 24.2 Å². The van der Waals surface area contributed by atoms with Crippen molar-refractivity contribution in [2.75, 3.05) is 6.26 Å². The highest BCUT2D eigenvalue weighted by molar-refractivity contribution is 7.95. The normalized spacial score (nSPS) is 11.5. The maximum Gasteiger partial charge on any atom is 0.185 e. The molecule has 0 amide bonds. The number of ether oxygens (including phenoxy) is 2. The van der Waals surface area contributed by atoms with Gasteiger partial charge in [-0.2, -0.15) is 5.26 Å². The Balaban J connectivity index is 1.88. The monoisotopic (exact) mass is 419 g/mol. The van der Waals surface area contributed by atoms with E-state index in [0.29, 0.717) is 30.3 Å². The van der Waals surface area contributed by atoms with Gasteiger partial charge in [0, 0.05) is 6.26 Å². The Hall–Kier alpha value is -3.56. The van der Waals surface area contributed by atoms with Gasteiger partial charge in [0.15, 0.2) is 21.3 Å². The first-order valence-electron chi connectivity index (χ1n) is 9.25. The van der Waals surface area contributed by atoms with Crippen molar-refractivity contribution >= 4 is 15.9 Å². The summed E-state index contributed by atoms with van der Waals surface area (Å²) >= 11 is 0. The Bertz CT molecular complexity index is 1160. The van der Waals surface area contributed by atoms with E-state index >= 15 is 0 Å². The molecule has 0 unspecified atom stereocenters. The second kappa shape index (κ2) is 9.77. The second-order valence-corrected chi connectivity index (χ2v) is 8.63. The minimum absolute atomic E-state index is 0.311. The first-order valence-corrected chi connectivity index (χ1v) is 11.1. The van der Waals surface area contributed by atoms with Gasteiger partial charge in [-0.3, -0.25) is 0 Å². The zero-order valence-electron chi connectivity index (χ0n) is 16.5. The molecule has 0 radical (unpaired) electrons. The third kappa shape index (κ3) is 5.97. The molecule has 3 aromatic rings. The van der Waals surface area contributed by atoms with E-state index < -0.39 is 9.84 Å². The van der Waals surface area contributed by atoms with E-state index in [9.17, 15) is 8.42 Å². The van der Waals surface area contributed by atoms with Crippen molar-refractivity contribution in [1.29, 1.82) is 5.26 Å². The Morgan fingerprint density at radius 2 is 1.40 bits per heavy atom. The lowest BCUT2D eigenvalue weighted by atomic mass is 10.2. The van der Waals surface area contributed by atoms with Crippen molar-refractivity contribution in [3.63, 3.8) is 0 Å². The molecule has 5 nitrogen and oxygen atoms in total. The molecule has 152 valence electrons. The predicted octanol–water partition coefficient (Wildman–Crippen LogP) is 4.75. The van der Waals surface area contributed by atoms with Crippen molar-refractivity contribution in [3.8, 4) is 17.6 Å². The van der Waals surface area contributed by atoms with E-state index in [1.54, 1.807) is 24.3 Å². The molecule has 0 heterocycles. The summed E-state index contributed by atoms with van der Waals surface area (Å²) in [6.07, 6.45) is 2.33. The van der Waals surface area contributed by atoms with Crippen molar-refractivity contribution in [2.45, 2.75) is 13.2 Å². The van der Waals surface area contributed by atoms with E-state index in [4.69, 9.17) is 14.7 Å². The smallest absolute Gasteiger partial charge is 0.185 e. The quantitative estimate of drug-likeness (QED) is 0.492. The fourth-order valence-corrected chi connectivity index (χ4v) is 3.21. The molecular formula is C24H21NO4S. The first kappa shape index (κ1) is 21.2. The molecule has 0 spiro atoms. The van der Waals surface area contributed by atoms with Crippen LogP contribution < -0.4 is 9.47 Å². The zero-order valence-corrected chi connectivity index (χ0v) is 17.3. The molecule has 0 aliphatic carbocycles. The van der Waals surface area contributed by atoms with E-state index in [-0.39, 0.29) is 4.91 Å². The minimum atomic E-state index is -3.61. The van der Waals surface area contributed by atoms with Crippen molar-refractivity contribution in [3.05, 3.63) is 100 Å². The second-order valence-electron chi connectivity index (χ2n) is 6.65. The Morgan fingerprint density at radius 3 is 1.90 bits per heavy atom. The molecule has 0 saturated heterocycles. The zero-order chi connectivity index (χ0) is 21.4. The van der Waals surface area contributed by atoms with Crippen molar-refractivity contribution in [2.24, 2.45) is 0 Å². The van der Waals surface area contributed by atoms with Crippen LogP contribution in [0.5, 0.6) is 11.5 Å². The average Bonchev–Trinajstić information content (AvgIpc) is 2.76. The summed E-state index contributed by atoms with van der Waals surface area (Å²) in [5, 5.41) is 9.16. The lowest BCUT2D eigenvalue weighted by Crippen LogP contribution is -2.01. The third-order valence-corrected chi connectivity index (χ3v) is 5.26. The van der Waals surface area contributed by atoms with Gasteiger partial charge in [0.2, 0.25) is 0 Å². The van der Waals surface area contributed by atoms with E-state index in [0.717, 1.165) is 17.4 Å². The standard InChI is InChI=1S/C24H21NO4S/c1-30(26,27)22(16-25)14-21-12-13-23(28-17-19-8-4-2-5-9-19)24(15-21)29-18-20-10-6-3-7-11-20/h2-15H,17-18H2,1H3/b22-14+. The van der Waals surface area contributed by atoms with Crippen molar-refractivity contribution < 1.29 is 17.9 Å². The minimum Gasteiger partial charge on any atom is -0.485 e. The topological polar surface area (TPSA) is 76.4 Å². The summed E-state index contributed by atoms with van der Waals surface area (Å²) in [7, 11) is -3.61. The SMILES string of the molecule is CS(=O)(=O)/C(C#N)=C/c1ccc(OCc2ccccc2)c(OCc2ccccc2)c1. The number of nitriles is 1. The van der Waals surface area contributed by atoms with Crippen LogP contribution in [0.15, 0.2) is 83.8 Å². The molecule has 30 heavy (non-hydrogen) atoms. The van der Waals surface area contributed by atoms with Crippen LogP contribution in [0.2, 0.25) is 0 Å². The number of sulfone groups is 1. The van der Waals surface area contributed by atoms with Crippen molar-refractivity contribution in [1.82, 2.24) is 0 Å². The number of allylic oxidation sites excluding steroid dienone is 1. The largest absolute Gasteiger partial charge is 0.485 e. The maximum absolute atomic E-state index is 11.7. The van der Waals surface area contributed by atoms with Gasteiger partial charge in [-0.1, -0.05) is 66.7 Å². The Kier molecular flexibility index (Phi) is 6.89. The lowest BCUT2D eigenvalue weighted by molar-refractivity contribution is 0.256. The van der Waals surface area contributed by atoms with Gasteiger partial charge in [-0.05, 0) is 34.9 Å².